The molecule has 120 valence electrons. The van der Waals surface area contributed by atoms with Gasteiger partial charge >= 0.3 is 0 Å². The van der Waals surface area contributed by atoms with Gasteiger partial charge in [-0.05, 0) is 55.7 Å². The Balaban J connectivity index is 2.34. The van der Waals surface area contributed by atoms with Gasteiger partial charge in [-0.1, -0.05) is 35.9 Å². The number of methoxy groups -OCH3 is 1. The van der Waals surface area contributed by atoms with Crippen molar-refractivity contribution in [3.05, 3.63) is 64.7 Å². The van der Waals surface area contributed by atoms with E-state index in [0.29, 0.717) is 12.2 Å². The van der Waals surface area contributed by atoms with Crippen molar-refractivity contribution < 1.29 is 14.9 Å². The number of hydrogen-bond acceptors (Lipinski definition) is 3. The molecule has 0 saturated heterocycles. The van der Waals surface area contributed by atoms with Gasteiger partial charge in [0.25, 0.3) is 0 Å². The monoisotopic (exact) mass is 310 g/mol. The maximum Gasteiger partial charge on any atom is 0.161 e. The van der Waals surface area contributed by atoms with Crippen LogP contribution in [0.1, 0.15) is 30.5 Å². The van der Waals surface area contributed by atoms with Gasteiger partial charge in [-0.25, -0.2) is 0 Å². The normalized spacial score (nSPS) is 10.7. The first-order valence-corrected chi connectivity index (χ1v) is 7.50. The molecule has 0 aliphatic heterocycles. The summed E-state index contributed by atoms with van der Waals surface area (Å²) in [4.78, 5) is 0. The summed E-state index contributed by atoms with van der Waals surface area (Å²) in [5, 5.41) is 19.7. The van der Waals surface area contributed by atoms with Gasteiger partial charge in [-0.3, -0.25) is 0 Å². The van der Waals surface area contributed by atoms with Gasteiger partial charge in [0.2, 0.25) is 0 Å². The molecule has 0 bridgehead atoms. The van der Waals surface area contributed by atoms with E-state index in [-0.39, 0.29) is 11.5 Å². The lowest BCUT2D eigenvalue weighted by molar-refractivity contribution is 0.371. The maximum absolute atomic E-state index is 10.2. The summed E-state index contributed by atoms with van der Waals surface area (Å²) >= 11 is 0. The minimum absolute atomic E-state index is 0.180. The highest BCUT2D eigenvalue weighted by Gasteiger charge is 2.08. The molecule has 0 unspecified atom stereocenters. The molecule has 23 heavy (non-hydrogen) atoms. The molecule has 0 atom stereocenters. The SMILES string of the molecule is COc1cc(/C=C/c2cccc(O)c2)cc(CC=C(C)C)c1O. The molecule has 3 nitrogen and oxygen atoms in total. The Hall–Kier alpha value is -2.68. The Morgan fingerprint density at radius 2 is 1.78 bits per heavy atom. The smallest absolute Gasteiger partial charge is 0.161 e. The maximum atomic E-state index is 10.2. The van der Waals surface area contributed by atoms with Gasteiger partial charge in [0.05, 0.1) is 7.11 Å². The Labute approximate surface area is 137 Å². The first-order chi connectivity index (χ1) is 11.0. The van der Waals surface area contributed by atoms with Gasteiger partial charge in [-0.15, -0.1) is 0 Å². The molecule has 0 heterocycles. The third-order valence-electron chi connectivity index (χ3n) is 3.46. The molecule has 3 heteroatoms. The summed E-state index contributed by atoms with van der Waals surface area (Å²) in [7, 11) is 1.54. The summed E-state index contributed by atoms with van der Waals surface area (Å²) in [5.74, 6) is 0.874. The van der Waals surface area contributed by atoms with E-state index in [4.69, 9.17) is 4.74 Å². The van der Waals surface area contributed by atoms with Crippen LogP contribution in [0.25, 0.3) is 12.2 Å². The molecule has 0 spiro atoms. The second-order valence-electron chi connectivity index (χ2n) is 5.64. The Morgan fingerprint density at radius 3 is 2.43 bits per heavy atom. The minimum Gasteiger partial charge on any atom is -0.508 e. The molecule has 2 N–H and O–H groups in total. The second-order valence-corrected chi connectivity index (χ2v) is 5.64. The lowest BCUT2D eigenvalue weighted by atomic mass is 10.0. The van der Waals surface area contributed by atoms with Gasteiger partial charge in [0, 0.05) is 5.56 Å². The molecule has 0 amide bonds. The van der Waals surface area contributed by atoms with Crippen molar-refractivity contribution in [3.8, 4) is 17.2 Å². The number of aromatic hydroxyl groups is 2. The third-order valence-corrected chi connectivity index (χ3v) is 3.46. The number of phenols is 2. The topological polar surface area (TPSA) is 49.7 Å². The molecular formula is C20H22O3. The summed E-state index contributed by atoms with van der Waals surface area (Å²) < 4.78 is 5.26. The van der Waals surface area contributed by atoms with E-state index < -0.39 is 0 Å². The van der Waals surface area contributed by atoms with Crippen molar-refractivity contribution in [2.45, 2.75) is 20.3 Å². The summed E-state index contributed by atoms with van der Waals surface area (Å²) in [6.07, 6.45) is 6.56. The number of allylic oxidation sites excluding steroid dienone is 2. The first-order valence-electron chi connectivity index (χ1n) is 7.50. The minimum atomic E-state index is 0.180. The zero-order valence-electron chi connectivity index (χ0n) is 13.7. The number of benzene rings is 2. The quantitative estimate of drug-likeness (QED) is 0.617. The third kappa shape index (κ3) is 4.65. The van der Waals surface area contributed by atoms with Gasteiger partial charge in [0.1, 0.15) is 5.75 Å². The van der Waals surface area contributed by atoms with Crippen LogP contribution in [-0.4, -0.2) is 17.3 Å². The van der Waals surface area contributed by atoms with E-state index in [1.165, 1.54) is 5.57 Å². The van der Waals surface area contributed by atoms with Crippen molar-refractivity contribution in [1.29, 1.82) is 0 Å². The van der Waals surface area contributed by atoms with Crippen molar-refractivity contribution >= 4 is 12.2 Å². The molecule has 0 aromatic heterocycles. The fraction of sp³-hybridized carbons (Fsp3) is 0.200. The van der Waals surface area contributed by atoms with Crippen molar-refractivity contribution in [2.24, 2.45) is 0 Å². The van der Waals surface area contributed by atoms with E-state index in [2.05, 4.69) is 6.08 Å². The number of ether oxygens (including phenoxy) is 1. The molecular weight excluding hydrogens is 288 g/mol. The summed E-state index contributed by atoms with van der Waals surface area (Å²) in [6.45, 7) is 4.06. The zero-order chi connectivity index (χ0) is 16.8. The van der Waals surface area contributed by atoms with E-state index in [9.17, 15) is 10.2 Å². The van der Waals surface area contributed by atoms with E-state index in [1.54, 1.807) is 31.4 Å². The van der Waals surface area contributed by atoms with Crippen LogP contribution in [0.15, 0.2) is 48.0 Å². The second kappa shape index (κ2) is 7.54. The van der Waals surface area contributed by atoms with Crippen molar-refractivity contribution in [3.63, 3.8) is 0 Å². The molecule has 0 aliphatic carbocycles. The van der Waals surface area contributed by atoms with Crippen LogP contribution in [0.3, 0.4) is 0 Å². The highest BCUT2D eigenvalue weighted by Crippen LogP contribution is 2.33. The van der Waals surface area contributed by atoms with Gasteiger partial charge in [0.15, 0.2) is 11.5 Å². The predicted molar refractivity (Wildman–Crippen MR) is 94.8 cm³/mol. The molecule has 2 aromatic carbocycles. The molecule has 2 rings (SSSR count). The zero-order valence-corrected chi connectivity index (χ0v) is 13.7. The number of phenolic OH excluding ortho intramolecular Hbond substituents is 2. The van der Waals surface area contributed by atoms with Crippen LogP contribution < -0.4 is 4.74 Å². The molecule has 0 aliphatic rings. The highest BCUT2D eigenvalue weighted by molar-refractivity contribution is 5.72. The average Bonchev–Trinajstić information content (AvgIpc) is 2.52. The lowest BCUT2D eigenvalue weighted by Gasteiger charge is -2.10. The fourth-order valence-corrected chi connectivity index (χ4v) is 2.23. The Kier molecular flexibility index (Phi) is 5.47. The Morgan fingerprint density at radius 1 is 1.04 bits per heavy atom. The molecule has 0 fully saturated rings. The van der Waals surface area contributed by atoms with Crippen LogP contribution in [0, 0.1) is 0 Å². The van der Waals surface area contributed by atoms with Crippen LogP contribution >= 0.6 is 0 Å². The number of rotatable bonds is 5. The average molecular weight is 310 g/mol. The van der Waals surface area contributed by atoms with Crippen LogP contribution in [0.4, 0.5) is 0 Å². The first kappa shape index (κ1) is 16.7. The van der Waals surface area contributed by atoms with E-state index >= 15 is 0 Å². The van der Waals surface area contributed by atoms with E-state index in [0.717, 1.165) is 16.7 Å². The highest BCUT2D eigenvalue weighted by atomic mass is 16.5. The van der Waals surface area contributed by atoms with Crippen LogP contribution in [-0.2, 0) is 6.42 Å². The van der Waals surface area contributed by atoms with Gasteiger partial charge < -0.3 is 14.9 Å². The largest absolute Gasteiger partial charge is 0.508 e. The number of hydrogen-bond donors (Lipinski definition) is 2. The fourth-order valence-electron chi connectivity index (χ4n) is 2.23. The van der Waals surface area contributed by atoms with Crippen molar-refractivity contribution in [2.75, 3.05) is 7.11 Å². The standard InChI is InChI=1S/C20H22O3/c1-14(2)7-10-17-11-16(13-19(23-3)20(17)22)9-8-15-5-4-6-18(21)12-15/h4-9,11-13,21-22H,10H2,1-3H3/b9-8+. The van der Waals surface area contributed by atoms with Crippen molar-refractivity contribution in [1.82, 2.24) is 0 Å². The summed E-state index contributed by atoms with van der Waals surface area (Å²) in [5.41, 5.74) is 3.85. The predicted octanol–water partition coefficient (Wildman–Crippen LogP) is 4.79. The molecule has 2 aromatic rings. The Bertz CT molecular complexity index is 739. The van der Waals surface area contributed by atoms with Crippen LogP contribution in [0.5, 0.6) is 17.2 Å². The van der Waals surface area contributed by atoms with E-state index in [1.807, 2.05) is 38.1 Å². The lowest BCUT2D eigenvalue weighted by Crippen LogP contribution is -1.91. The molecule has 0 radical (unpaired) electrons. The van der Waals surface area contributed by atoms with Gasteiger partial charge in [-0.2, -0.15) is 0 Å². The van der Waals surface area contributed by atoms with Crippen LogP contribution in [0.2, 0.25) is 0 Å². The summed E-state index contributed by atoms with van der Waals surface area (Å²) in [6, 6.07) is 10.8. The molecule has 0 saturated carbocycles.